The van der Waals surface area contributed by atoms with Gasteiger partial charge in [0.1, 0.15) is 17.9 Å². The number of nitrogens with zero attached hydrogens (tertiary/aromatic N) is 4. The second-order valence-electron chi connectivity index (χ2n) is 6.12. The minimum atomic E-state index is 0.530. The molecule has 0 fully saturated rings. The predicted molar refractivity (Wildman–Crippen MR) is 87.9 cm³/mol. The van der Waals surface area contributed by atoms with E-state index in [2.05, 4.69) is 58.8 Å². The summed E-state index contributed by atoms with van der Waals surface area (Å²) in [4.78, 5) is 2.29. The van der Waals surface area contributed by atoms with E-state index in [1.165, 1.54) is 5.56 Å². The fraction of sp³-hybridized carbons (Fsp3) is 0.529. The molecule has 5 heteroatoms. The molecule has 0 aliphatic heterocycles. The molecule has 0 unspecified atom stereocenters. The highest BCUT2D eigenvalue weighted by atomic mass is 16.5. The summed E-state index contributed by atoms with van der Waals surface area (Å²) in [6.07, 6.45) is 1.78. The Morgan fingerprint density at radius 3 is 2.73 bits per heavy atom. The van der Waals surface area contributed by atoms with Gasteiger partial charge < -0.3 is 14.2 Å². The summed E-state index contributed by atoms with van der Waals surface area (Å²) in [5, 5.41) is 7.92. The molecule has 0 aliphatic carbocycles. The molecule has 1 aromatic carbocycles. The largest absolute Gasteiger partial charge is 0.493 e. The molecule has 0 spiro atoms. The van der Waals surface area contributed by atoms with Crippen LogP contribution < -0.4 is 4.74 Å². The molecule has 0 aliphatic rings. The van der Waals surface area contributed by atoms with Crippen LogP contribution in [0, 0.1) is 12.8 Å². The van der Waals surface area contributed by atoms with Gasteiger partial charge in [0.2, 0.25) is 0 Å². The van der Waals surface area contributed by atoms with Gasteiger partial charge in [-0.05, 0) is 26.0 Å². The maximum absolute atomic E-state index is 5.92. The van der Waals surface area contributed by atoms with E-state index in [-0.39, 0.29) is 0 Å². The summed E-state index contributed by atoms with van der Waals surface area (Å²) in [6.45, 7) is 9.76. The average Bonchev–Trinajstić information content (AvgIpc) is 2.89. The van der Waals surface area contributed by atoms with Crippen molar-refractivity contribution in [1.29, 1.82) is 0 Å². The van der Waals surface area contributed by atoms with Crippen LogP contribution in [0.5, 0.6) is 5.75 Å². The second kappa shape index (κ2) is 7.94. The lowest BCUT2D eigenvalue weighted by atomic mass is 10.2. The van der Waals surface area contributed by atoms with Gasteiger partial charge >= 0.3 is 0 Å². The summed E-state index contributed by atoms with van der Waals surface area (Å²) >= 11 is 0. The molecule has 1 aromatic heterocycles. The molecule has 120 valence electrons. The quantitative estimate of drug-likeness (QED) is 0.752. The van der Waals surface area contributed by atoms with Crippen LogP contribution in [0.4, 0.5) is 0 Å². The van der Waals surface area contributed by atoms with Gasteiger partial charge in [-0.3, -0.25) is 0 Å². The van der Waals surface area contributed by atoms with Crippen LogP contribution in [0.1, 0.15) is 25.2 Å². The van der Waals surface area contributed by atoms with Gasteiger partial charge in [-0.25, -0.2) is 0 Å². The van der Waals surface area contributed by atoms with E-state index in [4.69, 9.17) is 4.74 Å². The molecule has 2 aromatic rings. The van der Waals surface area contributed by atoms with Crippen LogP contribution in [0.2, 0.25) is 0 Å². The van der Waals surface area contributed by atoms with Crippen molar-refractivity contribution < 1.29 is 4.74 Å². The Balaban J connectivity index is 1.90. The van der Waals surface area contributed by atoms with Crippen molar-refractivity contribution in [2.24, 2.45) is 5.92 Å². The first-order chi connectivity index (χ1) is 10.6. The summed E-state index contributed by atoms with van der Waals surface area (Å²) in [7, 11) is 2.12. The topological polar surface area (TPSA) is 43.2 Å². The number of hydrogen-bond donors (Lipinski definition) is 0. The van der Waals surface area contributed by atoms with Crippen LogP contribution >= 0.6 is 0 Å². The summed E-state index contributed by atoms with van der Waals surface area (Å²) in [5.41, 5.74) is 1.23. The van der Waals surface area contributed by atoms with Gasteiger partial charge in [-0.2, -0.15) is 0 Å². The zero-order chi connectivity index (χ0) is 15.9. The normalized spacial score (nSPS) is 11.4. The molecule has 22 heavy (non-hydrogen) atoms. The van der Waals surface area contributed by atoms with E-state index < -0.39 is 0 Å². The lowest BCUT2D eigenvalue weighted by molar-refractivity contribution is 0.258. The Kier molecular flexibility index (Phi) is 5.95. The van der Waals surface area contributed by atoms with Crippen LogP contribution in [0.3, 0.4) is 0 Å². The maximum atomic E-state index is 5.92. The molecule has 0 N–H and O–H groups in total. The number of aryl methyl sites for hydroxylation is 1. The first-order valence-corrected chi connectivity index (χ1v) is 7.80. The zero-order valence-corrected chi connectivity index (χ0v) is 14.0. The van der Waals surface area contributed by atoms with E-state index in [9.17, 15) is 0 Å². The smallest absolute Gasteiger partial charge is 0.129 e. The summed E-state index contributed by atoms with van der Waals surface area (Å²) < 4.78 is 7.98. The molecule has 1 heterocycles. The summed E-state index contributed by atoms with van der Waals surface area (Å²) in [6, 6.07) is 8.28. The molecule has 2 rings (SSSR count). The van der Waals surface area contributed by atoms with Crippen molar-refractivity contribution in [2.45, 2.75) is 33.9 Å². The molecular weight excluding hydrogens is 276 g/mol. The number of likely N-dealkylation sites (N-methyl/N-ethyl adjacent to an activating group) is 1. The number of rotatable bonds is 8. The number of para-hydroxylation sites is 1. The Bertz CT molecular complexity index is 580. The predicted octanol–water partition coefficient (Wildman–Crippen LogP) is 2.75. The molecule has 0 amide bonds. The number of benzene rings is 1. The minimum absolute atomic E-state index is 0.530. The van der Waals surface area contributed by atoms with Crippen molar-refractivity contribution in [2.75, 3.05) is 20.2 Å². The maximum Gasteiger partial charge on any atom is 0.129 e. The van der Waals surface area contributed by atoms with Gasteiger partial charge in [0.05, 0.1) is 6.61 Å². The van der Waals surface area contributed by atoms with Crippen LogP contribution in [-0.2, 0) is 13.1 Å². The molecular formula is C17H26N4O. The Morgan fingerprint density at radius 2 is 2.05 bits per heavy atom. The Hall–Kier alpha value is -1.88. The molecule has 0 saturated heterocycles. The Morgan fingerprint density at radius 1 is 1.27 bits per heavy atom. The molecule has 5 nitrogen and oxygen atoms in total. The molecule has 0 radical (unpaired) electrons. The monoisotopic (exact) mass is 302 g/mol. The van der Waals surface area contributed by atoms with Gasteiger partial charge in [0.25, 0.3) is 0 Å². The third kappa shape index (κ3) is 4.84. The van der Waals surface area contributed by atoms with E-state index in [0.29, 0.717) is 5.92 Å². The first-order valence-electron chi connectivity index (χ1n) is 7.80. The summed E-state index contributed by atoms with van der Waals surface area (Å²) in [5.74, 6) is 2.47. The standard InChI is InChI=1S/C17H26N4O/c1-14(2)12-22-17-8-6-5-7-16(17)11-20(4)9-10-21-13-18-19-15(21)3/h5-8,13-14H,9-12H2,1-4H3. The van der Waals surface area contributed by atoms with Gasteiger partial charge in [-0.1, -0.05) is 32.0 Å². The highest BCUT2D eigenvalue weighted by Gasteiger charge is 2.08. The van der Waals surface area contributed by atoms with Crippen molar-refractivity contribution in [3.63, 3.8) is 0 Å². The van der Waals surface area contributed by atoms with Crippen LogP contribution in [0.15, 0.2) is 30.6 Å². The molecule has 0 bridgehead atoms. The van der Waals surface area contributed by atoms with E-state index in [1.807, 2.05) is 13.0 Å². The fourth-order valence-corrected chi connectivity index (χ4v) is 2.21. The lowest BCUT2D eigenvalue weighted by Gasteiger charge is -2.20. The van der Waals surface area contributed by atoms with E-state index in [0.717, 1.165) is 37.8 Å². The van der Waals surface area contributed by atoms with Gasteiger partial charge in [-0.15, -0.1) is 10.2 Å². The molecule has 0 atom stereocenters. The lowest BCUT2D eigenvalue weighted by Crippen LogP contribution is -2.23. The number of ether oxygens (including phenoxy) is 1. The van der Waals surface area contributed by atoms with Crippen LogP contribution in [-0.4, -0.2) is 39.9 Å². The Labute approximate surface area is 132 Å². The SMILES string of the molecule is Cc1nncn1CCN(C)Cc1ccccc1OCC(C)C. The van der Waals surface area contributed by atoms with Crippen molar-refractivity contribution in [1.82, 2.24) is 19.7 Å². The van der Waals surface area contributed by atoms with Gasteiger partial charge in [0, 0.05) is 25.2 Å². The second-order valence-corrected chi connectivity index (χ2v) is 6.12. The third-order valence-corrected chi connectivity index (χ3v) is 3.52. The first kappa shape index (κ1) is 16.5. The minimum Gasteiger partial charge on any atom is -0.493 e. The highest BCUT2D eigenvalue weighted by Crippen LogP contribution is 2.20. The average molecular weight is 302 g/mol. The number of aromatic nitrogens is 3. The zero-order valence-electron chi connectivity index (χ0n) is 14.0. The van der Waals surface area contributed by atoms with Crippen molar-refractivity contribution >= 4 is 0 Å². The van der Waals surface area contributed by atoms with E-state index in [1.54, 1.807) is 6.33 Å². The van der Waals surface area contributed by atoms with Crippen molar-refractivity contribution in [3.05, 3.63) is 42.0 Å². The number of hydrogen-bond acceptors (Lipinski definition) is 4. The van der Waals surface area contributed by atoms with Crippen LogP contribution in [0.25, 0.3) is 0 Å². The third-order valence-electron chi connectivity index (χ3n) is 3.52. The highest BCUT2D eigenvalue weighted by molar-refractivity contribution is 5.33. The molecule has 0 saturated carbocycles. The van der Waals surface area contributed by atoms with Gasteiger partial charge in [0.15, 0.2) is 0 Å². The fourth-order valence-electron chi connectivity index (χ4n) is 2.21. The van der Waals surface area contributed by atoms with E-state index >= 15 is 0 Å². The van der Waals surface area contributed by atoms with Crippen molar-refractivity contribution in [3.8, 4) is 5.75 Å².